The van der Waals surface area contributed by atoms with Gasteiger partial charge in [0.15, 0.2) is 6.10 Å². The van der Waals surface area contributed by atoms with Crippen molar-refractivity contribution in [2.45, 2.75) is 425 Å². The highest BCUT2D eigenvalue weighted by Gasteiger charge is 2.20. The van der Waals surface area contributed by atoms with Gasteiger partial charge in [0.05, 0.1) is 0 Å². The topological polar surface area (TPSA) is 78.9 Å². The van der Waals surface area contributed by atoms with Crippen LogP contribution in [-0.4, -0.2) is 37.2 Å². The van der Waals surface area contributed by atoms with Gasteiger partial charge in [-0.1, -0.05) is 359 Å². The molecule has 0 saturated carbocycles. The lowest BCUT2D eigenvalue weighted by Gasteiger charge is -2.18. The van der Waals surface area contributed by atoms with E-state index in [0.717, 1.165) is 70.6 Å². The van der Waals surface area contributed by atoms with Crippen LogP contribution in [0.25, 0.3) is 0 Å². The number of rotatable bonds is 70. The molecule has 0 bridgehead atoms. The van der Waals surface area contributed by atoms with Crippen molar-refractivity contribution in [3.05, 3.63) is 36.5 Å². The SMILES string of the molecule is CCCCC/C=C\C/C=C\CCCCCCCCCCCC(=O)OC(COC(=O)CCCCCCC/C=C\CCCCCCCCC)COC(=O)CCCCCCCCCCCCCCCCCCCCCCCCCCCCCCCC. The first-order valence-electron chi connectivity index (χ1n) is 37.5. The minimum Gasteiger partial charge on any atom is -0.462 e. The lowest BCUT2D eigenvalue weighted by molar-refractivity contribution is -0.167. The number of carbonyl (C=O) groups excluding carboxylic acids is 3. The van der Waals surface area contributed by atoms with E-state index >= 15 is 0 Å². The van der Waals surface area contributed by atoms with Crippen LogP contribution in [0, 0.1) is 0 Å². The summed E-state index contributed by atoms with van der Waals surface area (Å²) in [5.74, 6) is -0.854. The van der Waals surface area contributed by atoms with E-state index in [1.807, 2.05) is 0 Å². The number of esters is 3. The molecule has 0 amide bonds. The van der Waals surface area contributed by atoms with E-state index in [2.05, 4.69) is 57.2 Å². The molecule has 0 radical (unpaired) electrons. The fourth-order valence-electron chi connectivity index (χ4n) is 11.5. The summed E-state index contributed by atoms with van der Waals surface area (Å²) in [6.45, 7) is 6.68. The molecule has 1 unspecified atom stereocenters. The fourth-order valence-corrected chi connectivity index (χ4v) is 11.5. The van der Waals surface area contributed by atoms with Gasteiger partial charge in [-0.3, -0.25) is 14.4 Å². The van der Waals surface area contributed by atoms with E-state index in [1.165, 1.54) is 308 Å². The van der Waals surface area contributed by atoms with E-state index in [0.29, 0.717) is 19.3 Å². The smallest absolute Gasteiger partial charge is 0.306 e. The monoisotopic (exact) mass is 1170 g/mol. The lowest BCUT2D eigenvalue weighted by Crippen LogP contribution is -2.30. The Kier molecular flexibility index (Phi) is 70.0. The molecule has 0 aromatic carbocycles. The van der Waals surface area contributed by atoms with Gasteiger partial charge in [-0.05, 0) is 77.0 Å². The van der Waals surface area contributed by atoms with Gasteiger partial charge >= 0.3 is 17.9 Å². The minimum absolute atomic E-state index is 0.0717. The van der Waals surface area contributed by atoms with Crippen LogP contribution in [0.1, 0.15) is 419 Å². The Morgan fingerprint density at radius 3 is 0.699 bits per heavy atom. The zero-order chi connectivity index (χ0) is 59.9. The first-order chi connectivity index (χ1) is 41.0. The molecule has 6 heteroatoms. The molecule has 6 nitrogen and oxygen atoms in total. The fraction of sp³-hybridized carbons (Fsp3) is 0.883. The van der Waals surface area contributed by atoms with Crippen molar-refractivity contribution in [1.82, 2.24) is 0 Å². The van der Waals surface area contributed by atoms with E-state index in [9.17, 15) is 14.4 Å². The molecular weight excluding hydrogens is 1020 g/mol. The van der Waals surface area contributed by atoms with Crippen molar-refractivity contribution in [2.75, 3.05) is 13.2 Å². The van der Waals surface area contributed by atoms with Crippen LogP contribution in [0.15, 0.2) is 36.5 Å². The van der Waals surface area contributed by atoms with Gasteiger partial charge in [-0.2, -0.15) is 0 Å². The van der Waals surface area contributed by atoms with Crippen molar-refractivity contribution in [1.29, 1.82) is 0 Å². The van der Waals surface area contributed by atoms with Crippen molar-refractivity contribution < 1.29 is 28.6 Å². The summed E-state index contributed by atoms with van der Waals surface area (Å²) in [4.78, 5) is 38.5. The molecule has 1 atom stereocenters. The highest BCUT2D eigenvalue weighted by Crippen LogP contribution is 2.19. The third-order valence-corrected chi connectivity index (χ3v) is 17.1. The maximum atomic E-state index is 13.0. The molecule has 0 aromatic rings. The average Bonchev–Trinajstić information content (AvgIpc) is 3.49. The van der Waals surface area contributed by atoms with E-state index in [4.69, 9.17) is 14.2 Å². The molecule has 488 valence electrons. The molecule has 83 heavy (non-hydrogen) atoms. The first kappa shape index (κ1) is 80.6. The number of ether oxygens (including phenoxy) is 3. The van der Waals surface area contributed by atoms with Crippen molar-refractivity contribution in [3.63, 3.8) is 0 Å². The van der Waals surface area contributed by atoms with Gasteiger partial charge in [0.1, 0.15) is 13.2 Å². The van der Waals surface area contributed by atoms with Crippen LogP contribution >= 0.6 is 0 Å². The van der Waals surface area contributed by atoms with Crippen LogP contribution in [0.4, 0.5) is 0 Å². The van der Waals surface area contributed by atoms with E-state index in [-0.39, 0.29) is 31.1 Å². The zero-order valence-corrected chi connectivity index (χ0v) is 56.2. The molecule has 0 fully saturated rings. The number of hydrogen-bond acceptors (Lipinski definition) is 6. The second kappa shape index (κ2) is 72.1. The summed E-state index contributed by atoms with van der Waals surface area (Å²) in [6.07, 6.45) is 90.5. The minimum atomic E-state index is -0.777. The van der Waals surface area contributed by atoms with Crippen LogP contribution in [0.2, 0.25) is 0 Å². The molecule has 0 rings (SSSR count). The quantitative estimate of drug-likeness (QED) is 0.0261. The van der Waals surface area contributed by atoms with Gasteiger partial charge in [0.2, 0.25) is 0 Å². The Morgan fingerprint density at radius 1 is 0.241 bits per heavy atom. The van der Waals surface area contributed by atoms with Crippen LogP contribution in [0.5, 0.6) is 0 Å². The van der Waals surface area contributed by atoms with Gasteiger partial charge in [0, 0.05) is 19.3 Å². The Balaban J connectivity index is 4.20. The summed E-state index contributed by atoms with van der Waals surface area (Å²) < 4.78 is 17.0. The lowest BCUT2D eigenvalue weighted by atomic mass is 10.0. The first-order valence-corrected chi connectivity index (χ1v) is 37.5. The zero-order valence-electron chi connectivity index (χ0n) is 56.2. The van der Waals surface area contributed by atoms with E-state index < -0.39 is 6.10 Å². The third-order valence-electron chi connectivity index (χ3n) is 17.1. The Hall–Kier alpha value is -2.37. The highest BCUT2D eigenvalue weighted by molar-refractivity contribution is 5.71. The second-order valence-corrected chi connectivity index (χ2v) is 25.6. The summed E-state index contributed by atoms with van der Waals surface area (Å²) in [5, 5.41) is 0. The summed E-state index contributed by atoms with van der Waals surface area (Å²) >= 11 is 0. The largest absolute Gasteiger partial charge is 0.462 e. The van der Waals surface area contributed by atoms with Gasteiger partial charge in [0.25, 0.3) is 0 Å². The number of carbonyl (C=O) groups is 3. The van der Waals surface area contributed by atoms with E-state index in [1.54, 1.807) is 0 Å². The van der Waals surface area contributed by atoms with Gasteiger partial charge < -0.3 is 14.2 Å². The normalized spacial score (nSPS) is 12.2. The molecule has 0 aliphatic carbocycles. The van der Waals surface area contributed by atoms with Crippen LogP contribution < -0.4 is 0 Å². The summed E-state index contributed by atoms with van der Waals surface area (Å²) in [7, 11) is 0. The molecule has 0 spiro atoms. The molecule has 0 heterocycles. The molecule has 0 saturated heterocycles. The maximum Gasteiger partial charge on any atom is 0.306 e. The Bertz CT molecular complexity index is 1380. The van der Waals surface area contributed by atoms with Crippen LogP contribution in [-0.2, 0) is 28.6 Å². The molecular formula is C77H144O6. The third kappa shape index (κ3) is 70.3. The summed E-state index contributed by atoms with van der Waals surface area (Å²) in [5.41, 5.74) is 0. The molecule has 0 N–H and O–H groups in total. The highest BCUT2D eigenvalue weighted by atomic mass is 16.6. The molecule has 0 aliphatic rings. The summed E-state index contributed by atoms with van der Waals surface area (Å²) in [6, 6.07) is 0. The standard InChI is InChI=1S/C77H144O6/c1-4-7-10-13-16-19-22-25-28-31-33-34-35-36-37-38-39-40-41-42-43-45-46-49-52-55-58-61-64-67-70-76(79)82-73-74(72-81-75(78)69-66-63-60-57-54-51-48-30-27-24-21-18-15-12-9-6-3)83-77(80)71-68-65-62-59-56-53-50-47-44-32-29-26-23-20-17-14-11-8-5-2/h17,20,26,29-30,48,74H,4-16,18-19,21-25,27-28,31-47,49-73H2,1-3H3/b20-17-,29-26-,48-30-. The van der Waals surface area contributed by atoms with Gasteiger partial charge in [-0.15, -0.1) is 0 Å². The van der Waals surface area contributed by atoms with Crippen molar-refractivity contribution in [2.24, 2.45) is 0 Å². The van der Waals surface area contributed by atoms with Crippen LogP contribution in [0.3, 0.4) is 0 Å². The number of hydrogen-bond donors (Lipinski definition) is 0. The maximum absolute atomic E-state index is 13.0. The van der Waals surface area contributed by atoms with Crippen molar-refractivity contribution >= 4 is 17.9 Å². The number of allylic oxidation sites excluding steroid dienone is 6. The second-order valence-electron chi connectivity index (χ2n) is 25.6. The predicted molar refractivity (Wildman–Crippen MR) is 362 cm³/mol. The average molecular weight is 1170 g/mol. The number of unbranched alkanes of at least 4 members (excludes halogenated alkanes) is 53. The van der Waals surface area contributed by atoms with Gasteiger partial charge in [-0.25, -0.2) is 0 Å². The van der Waals surface area contributed by atoms with Crippen molar-refractivity contribution in [3.8, 4) is 0 Å². The molecule has 0 aliphatic heterocycles. The Morgan fingerprint density at radius 2 is 0.434 bits per heavy atom. The Labute approximate surface area is 518 Å². The predicted octanol–water partition coefficient (Wildman–Crippen LogP) is 25.9. The molecule has 0 aromatic heterocycles.